The zero-order chi connectivity index (χ0) is 23.1. The standard InChI is InChI=1S/C25H21N3O5/c1-15-13-17(11-12-21(15)33-18-7-4-3-5-8-18)27-23(29)26-24(30)28(25(27)31)20-10-6-9-19-16(2)14-32-22(19)20/h3-13,16H,14H2,1-2H3,(H,26,29,30). The van der Waals surface area contributed by atoms with Crippen molar-refractivity contribution in [3.8, 4) is 28.6 Å². The summed E-state index contributed by atoms with van der Waals surface area (Å²) < 4.78 is 13.5. The molecule has 4 aromatic rings. The molecule has 2 heterocycles. The summed E-state index contributed by atoms with van der Waals surface area (Å²) in [5.41, 5.74) is -0.172. The molecule has 1 aromatic heterocycles. The third kappa shape index (κ3) is 3.55. The second-order valence-electron chi connectivity index (χ2n) is 7.96. The molecule has 8 heteroatoms. The Morgan fingerprint density at radius 3 is 2.45 bits per heavy atom. The van der Waals surface area contributed by atoms with Gasteiger partial charge in [0, 0.05) is 11.5 Å². The molecule has 1 atom stereocenters. The van der Waals surface area contributed by atoms with E-state index in [1.165, 1.54) is 0 Å². The largest absolute Gasteiger partial charge is 0.490 e. The van der Waals surface area contributed by atoms with E-state index < -0.39 is 17.1 Å². The third-order valence-corrected chi connectivity index (χ3v) is 5.66. The fraction of sp³-hybridized carbons (Fsp3) is 0.160. The minimum atomic E-state index is -0.821. The molecule has 3 aromatic carbocycles. The predicted octanol–water partition coefficient (Wildman–Crippen LogP) is 3.27. The molecule has 1 N–H and O–H groups in total. The number of ether oxygens (including phenoxy) is 2. The van der Waals surface area contributed by atoms with Crippen molar-refractivity contribution in [1.82, 2.24) is 14.1 Å². The molecule has 0 fully saturated rings. The van der Waals surface area contributed by atoms with Gasteiger partial charge in [-0.2, -0.15) is 0 Å². The summed E-state index contributed by atoms with van der Waals surface area (Å²) in [5, 5.41) is 0. The number of aromatic amines is 1. The molecule has 0 aliphatic carbocycles. The number of hydrogen-bond donors (Lipinski definition) is 1. The minimum absolute atomic E-state index is 0.139. The van der Waals surface area contributed by atoms with E-state index in [0.717, 1.165) is 20.3 Å². The van der Waals surface area contributed by atoms with E-state index in [2.05, 4.69) is 4.98 Å². The predicted molar refractivity (Wildman–Crippen MR) is 123 cm³/mol. The van der Waals surface area contributed by atoms with Crippen LogP contribution in [0.4, 0.5) is 0 Å². The topological polar surface area (TPSA) is 95.3 Å². The summed E-state index contributed by atoms with van der Waals surface area (Å²) in [6.07, 6.45) is 0. The van der Waals surface area contributed by atoms with Crippen LogP contribution in [0.15, 0.2) is 81.1 Å². The zero-order valence-electron chi connectivity index (χ0n) is 18.1. The van der Waals surface area contributed by atoms with Crippen LogP contribution in [0.5, 0.6) is 17.2 Å². The van der Waals surface area contributed by atoms with Crippen molar-refractivity contribution in [2.45, 2.75) is 19.8 Å². The van der Waals surface area contributed by atoms with Gasteiger partial charge >= 0.3 is 17.1 Å². The van der Waals surface area contributed by atoms with Crippen LogP contribution in [0.1, 0.15) is 24.0 Å². The van der Waals surface area contributed by atoms with Gasteiger partial charge in [0.1, 0.15) is 17.2 Å². The smallest absolute Gasteiger partial charge is 0.345 e. The lowest BCUT2D eigenvalue weighted by Crippen LogP contribution is -2.48. The van der Waals surface area contributed by atoms with Gasteiger partial charge < -0.3 is 9.47 Å². The first-order chi connectivity index (χ1) is 15.9. The fourth-order valence-corrected chi connectivity index (χ4v) is 3.98. The van der Waals surface area contributed by atoms with Crippen LogP contribution in [0.25, 0.3) is 11.4 Å². The van der Waals surface area contributed by atoms with Crippen molar-refractivity contribution >= 4 is 0 Å². The number of nitrogens with one attached hydrogen (secondary N) is 1. The average Bonchev–Trinajstić information content (AvgIpc) is 3.18. The molecule has 0 radical (unpaired) electrons. The quantitative estimate of drug-likeness (QED) is 0.522. The maximum atomic E-state index is 13.4. The number of para-hydroxylation sites is 2. The Morgan fingerprint density at radius 1 is 0.939 bits per heavy atom. The third-order valence-electron chi connectivity index (χ3n) is 5.66. The van der Waals surface area contributed by atoms with E-state index in [-0.39, 0.29) is 5.92 Å². The summed E-state index contributed by atoms with van der Waals surface area (Å²) in [4.78, 5) is 41.0. The molecule has 1 aliphatic rings. The van der Waals surface area contributed by atoms with Gasteiger partial charge in [0.25, 0.3) is 0 Å². The molecule has 0 saturated carbocycles. The van der Waals surface area contributed by atoms with Crippen molar-refractivity contribution < 1.29 is 9.47 Å². The Balaban J connectivity index is 1.63. The summed E-state index contributed by atoms with van der Waals surface area (Å²) in [6, 6.07) is 19.5. The lowest BCUT2D eigenvalue weighted by Gasteiger charge is -2.13. The molecule has 8 nitrogen and oxygen atoms in total. The Bertz CT molecular complexity index is 1530. The van der Waals surface area contributed by atoms with Crippen LogP contribution < -0.4 is 26.5 Å². The summed E-state index contributed by atoms with van der Waals surface area (Å²) in [5.74, 6) is 1.88. The van der Waals surface area contributed by atoms with Gasteiger partial charge in [-0.3, -0.25) is 4.98 Å². The summed E-state index contributed by atoms with van der Waals surface area (Å²) >= 11 is 0. The number of fused-ring (bicyclic) bond motifs is 1. The second kappa shape index (κ2) is 7.98. The van der Waals surface area contributed by atoms with Crippen molar-refractivity contribution in [3.63, 3.8) is 0 Å². The van der Waals surface area contributed by atoms with E-state index in [9.17, 15) is 14.4 Å². The minimum Gasteiger partial charge on any atom is -0.490 e. The highest BCUT2D eigenvalue weighted by Crippen LogP contribution is 2.37. The van der Waals surface area contributed by atoms with Gasteiger partial charge in [0.05, 0.1) is 18.0 Å². The number of H-pyrrole nitrogens is 1. The first kappa shape index (κ1) is 20.6. The molecule has 1 aliphatic heterocycles. The Kier molecular flexibility index (Phi) is 4.97. The molecule has 0 spiro atoms. The molecule has 166 valence electrons. The van der Waals surface area contributed by atoms with Crippen molar-refractivity contribution in [2.24, 2.45) is 0 Å². The Morgan fingerprint density at radius 2 is 1.70 bits per heavy atom. The SMILES string of the molecule is Cc1cc(-n2c(=O)[nH]c(=O)n(-c3cccc4c3OCC4C)c2=O)ccc1Oc1ccccc1. The van der Waals surface area contributed by atoms with E-state index >= 15 is 0 Å². The first-order valence-electron chi connectivity index (χ1n) is 10.5. The van der Waals surface area contributed by atoms with E-state index in [1.54, 1.807) is 30.3 Å². The normalized spacial score (nSPS) is 14.5. The van der Waals surface area contributed by atoms with Crippen LogP contribution in [-0.4, -0.2) is 20.7 Å². The molecule has 0 amide bonds. The molecular formula is C25H21N3O5. The molecule has 33 heavy (non-hydrogen) atoms. The summed E-state index contributed by atoms with van der Waals surface area (Å²) in [7, 11) is 0. The summed E-state index contributed by atoms with van der Waals surface area (Å²) in [6.45, 7) is 4.28. The zero-order valence-corrected chi connectivity index (χ0v) is 18.1. The average molecular weight is 443 g/mol. The Labute approximate surface area is 188 Å². The second-order valence-corrected chi connectivity index (χ2v) is 7.96. The number of nitrogens with zero attached hydrogens (tertiary/aromatic N) is 2. The van der Waals surface area contributed by atoms with E-state index in [0.29, 0.717) is 35.2 Å². The lowest BCUT2D eigenvalue weighted by molar-refractivity contribution is 0.336. The van der Waals surface area contributed by atoms with E-state index in [1.807, 2.05) is 50.2 Å². The van der Waals surface area contributed by atoms with Crippen molar-refractivity contribution in [1.29, 1.82) is 0 Å². The number of rotatable bonds is 4. The van der Waals surface area contributed by atoms with Crippen LogP contribution in [0.2, 0.25) is 0 Å². The van der Waals surface area contributed by atoms with Gasteiger partial charge in [-0.05, 0) is 48.9 Å². The maximum Gasteiger partial charge on any atom is 0.345 e. The maximum absolute atomic E-state index is 13.4. The van der Waals surface area contributed by atoms with Gasteiger partial charge in [0.15, 0.2) is 0 Å². The first-order valence-corrected chi connectivity index (χ1v) is 10.5. The number of aromatic nitrogens is 3. The monoisotopic (exact) mass is 443 g/mol. The molecular weight excluding hydrogens is 422 g/mol. The van der Waals surface area contributed by atoms with Crippen LogP contribution in [-0.2, 0) is 0 Å². The van der Waals surface area contributed by atoms with Crippen molar-refractivity contribution in [3.05, 3.63) is 109 Å². The highest BCUT2D eigenvalue weighted by Gasteiger charge is 2.25. The number of hydrogen-bond acceptors (Lipinski definition) is 5. The van der Waals surface area contributed by atoms with Gasteiger partial charge in [-0.1, -0.05) is 37.3 Å². The van der Waals surface area contributed by atoms with Crippen LogP contribution >= 0.6 is 0 Å². The molecule has 5 rings (SSSR count). The number of benzene rings is 3. The number of aryl methyl sites for hydroxylation is 1. The molecule has 0 bridgehead atoms. The fourth-order valence-electron chi connectivity index (χ4n) is 3.98. The highest BCUT2D eigenvalue weighted by atomic mass is 16.5. The van der Waals surface area contributed by atoms with Crippen LogP contribution in [0, 0.1) is 6.92 Å². The van der Waals surface area contributed by atoms with Gasteiger partial charge in [0.2, 0.25) is 0 Å². The lowest BCUT2D eigenvalue weighted by atomic mass is 10.0. The molecule has 1 unspecified atom stereocenters. The van der Waals surface area contributed by atoms with E-state index in [4.69, 9.17) is 9.47 Å². The van der Waals surface area contributed by atoms with Gasteiger partial charge in [-0.25, -0.2) is 23.5 Å². The Hall–Kier alpha value is -4.33. The highest BCUT2D eigenvalue weighted by molar-refractivity contribution is 5.55. The van der Waals surface area contributed by atoms with Gasteiger partial charge in [-0.15, -0.1) is 0 Å². The molecule has 0 saturated heterocycles. The van der Waals surface area contributed by atoms with Crippen LogP contribution in [0.3, 0.4) is 0 Å². The van der Waals surface area contributed by atoms with Crippen molar-refractivity contribution in [2.75, 3.05) is 6.61 Å².